The van der Waals surface area contributed by atoms with Gasteiger partial charge < -0.3 is 9.64 Å². The SMILES string of the molecule is CCN(CCCN(C)C)CC(=O)c1ccccc1OC. The first-order chi connectivity index (χ1) is 9.58. The standard InChI is InChI=1S/C16H26N2O2/c1-5-18(12-8-11-17(2)3)13-15(19)14-9-6-7-10-16(14)20-4/h6-7,9-10H,5,8,11-13H2,1-4H3. The number of hydrogen-bond acceptors (Lipinski definition) is 4. The van der Waals surface area contributed by atoms with Gasteiger partial charge in [-0.15, -0.1) is 0 Å². The zero-order chi connectivity index (χ0) is 15.0. The highest BCUT2D eigenvalue weighted by atomic mass is 16.5. The molecule has 0 saturated heterocycles. The molecular formula is C16H26N2O2. The number of para-hydroxylation sites is 1. The average molecular weight is 278 g/mol. The number of carbonyl (C=O) groups is 1. The molecule has 1 aromatic carbocycles. The van der Waals surface area contributed by atoms with E-state index in [1.54, 1.807) is 7.11 Å². The summed E-state index contributed by atoms with van der Waals surface area (Å²) < 4.78 is 5.25. The fraction of sp³-hybridized carbons (Fsp3) is 0.562. The van der Waals surface area contributed by atoms with Crippen molar-refractivity contribution in [3.63, 3.8) is 0 Å². The molecule has 0 heterocycles. The number of hydrogen-bond donors (Lipinski definition) is 0. The quantitative estimate of drug-likeness (QED) is 0.648. The van der Waals surface area contributed by atoms with Crippen LogP contribution in [-0.4, -0.2) is 63.0 Å². The van der Waals surface area contributed by atoms with Gasteiger partial charge in [0.2, 0.25) is 0 Å². The van der Waals surface area contributed by atoms with Gasteiger partial charge in [0.1, 0.15) is 5.75 Å². The Morgan fingerprint density at radius 2 is 1.90 bits per heavy atom. The molecule has 0 fully saturated rings. The summed E-state index contributed by atoms with van der Waals surface area (Å²) in [5, 5.41) is 0. The highest BCUT2D eigenvalue weighted by Gasteiger charge is 2.14. The van der Waals surface area contributed by atoms with Gasteiger partial charge in [0.15, 0.2) is 5.78 Å². The minimum absolute atomic E-state index is 0.120. The molecule has 0 amide bonds. The van der Waals surface area contributed by atoms with Crippen molar-refractivity contribution in [3.05, 3.63) is 29.8 Å². The second-order valence-electron chi connectivity index (χ2n) is 5.15. The molecule has 0 radical (unpaired) electrons. The molecule has 1 rings (SSSR count). The first-order valence-corrected chi connectivity index (χ1v) is 7.11. The Morgan fingerprint density at radius 1 is 1.20 bits per heavy atom. The average Bonchev–Trinajstić information content (AvgIpc) is 2.45. The molecule has 0 bridgehead atoms. The largest absolute Gasteiger partial charge is 0.496 e. The third-order valence-electron chi connectivity index (χ3n) is 3.30. The van der Waals surface area contributed by atoms with Gasteiger partial charge in [0.05, 0.1) is 19.2 Å². The maximum absolute atomic E-state index is 12.4. The first kappa shape index (κ1) is 16.7. The number of methoxy groups -OCH3 is 1. The van der Waals surface area contributed by atoms with Crippen LogP contribution < -0.4 is 4.74 Å². The molecule has 112 valence electrons. The molecule has 4 heteroatoms. The van der Waals surface area contributed by atoms with Gasteiger partial charge >= 0.3 is 0 Å². The molecule has 20 heavy (non-hydrogen) atoms. The van der Waals surface area contributed by atoms with Crippen LogP contribution in [0.5, 0.6) is 5.75 Å². The number of ether oxygens (including phenoxy) is 1. The Labute approximate surface area is 122 Å². The molecule has 4 nitrogen and oxygen atoms in total. The number of ketones is 1. The van der Waals surface area contributed by atoms with E-state index in [1.165, 1.54) is 0 Å². The fourth-order valence-electron chi connectivity index (χ4n) is 2.12. The Bertz CT molecular complexity index is 419. The van der Waals surface area contributed by atoms with E-state index in [-0.39, 0.29) is 5.78 Å². The van der Waals surface area contributed by atoms with E-state index in [0.29, 0.717) is 17.9 Å². The van der Waals surface area contributed by atoms with Crippen LogP contribution >= 0.6 is 0 Å². The van der Waals surface area contributed by atoms with Crippen molar-refractivity contribution in [2.45, 2.75) is 13.3 Å². The summed E-state index contributed by atoms with van der Waals surface area (Å²) in [5.74, 6) is 0.774. The molecule has 0 atom stereocenters. The maximum Gasteiger partial charge on any atom is 0.180 e. The van der Waals surface area contributed by atoms with Crippen molar-refractivity contribution in [1.29, 1.82) is 0 Å². The highest BCUT2D eigenvalue weighted by Crippen LogP contribution is 2.18. The van der Waals surface area contributed by atoms with Crippen molar-refractivity contribution >= 4 is 5.78 Å². The molecule has 0 saturated carbocycles. The normalized spacial score (nSPS) is 11.1. The predicted molar refractivity (Wildman–Crippen MR) is 82.6 cm³/mol. The van der Waals surface area contributed by atoms with Crippen LogP contribution in [0, 0.1) is 0 Å². The highest BCUT2D eigenvalue weighted by molar-refractivity contribution is 6.00. The lowest BCUT2D eigenvalue weighted by molar-refractivity contribution is 0.0929. The summed E-state index contributed by atoms with van der Waals surface area (Å²) in [5.41, 5.74) is 0.668. The third kappa shape index (κ3) is 5.31. The second kappa shape index (κ2) is 8.72. The third-order valence-corrected chi connectivity index (χ3v) is 3.30. The molecule has 1 aromatic rings. The Kier molecular flexibility index (Phi) is 7.26. The van der Waals surface area contributed by atoms with E-state index in [4.69, 9.17) is 4.74 Å². The summed E-state index contributed by atoms with van der Waals surface area (Å²) in [4.78, 5) is 16.7. The zero-order valence-electron chi connectivity index (χ0n) is 13.1. The van der Waals surface area contributed by atoms with Gasteiger partial charge in [0, 0.05) is 0 Å². The Balaban J connectivity index is 2.58. The van der Waals surface area contributed by atoms with Gasteiger partial charge in [-0.1, -0.05) is 19.1 Å². The minimum atomic E-state index is 0.120. The smallest absolute Gasteiger partial charge is 0.180 e. The monoisotopic (exact) mass is 278 g/mol. The Hall–Kier alpha value is -1.39. The molecule has 0 unspecified atom stereocenters. The van der Waals surface area contributed by atoms with Gasteiger partial charge in [-0.3, -0.25) is 9.69 Å². The molecule has 0 aliphatic carbocycles. The molecule has 0 aliphatic heterocycles. The summed E-state index contributed by atoms with van der Waals surface area (Å²) >= 11 is 0. The van der Waals surface area contributed by atoms with Crippen LogP contribution in [0.25, 0.3) is 0 Å². The summed E-state index contributed by atoms with van der Waals surface area (Å²) in [6, 6.07) is 7.41. The lowest BCUT2D eigenvalue weighted by Gasteiger charge is -2.21. The van der Waals surface area contributed by atoms with Crippen LogP contribution in [0.3, 0.4) is 0 Å². The van der Waals surface area contributed by atoms with E-state index in [2.05, 4.69) is 30.8 Å². The molecule has 0 aliphatic rings. The second-order valence-corrected chi connectivity index (χ2v) is 5.15. The van der Waals surface area contributed by atoms with Crippen molar-refractivity contribution < 1.29 is 9.53 Å². The van der Waals surface area contributed by atoms with Crippen molar-refractivity contribution in [2.24, 2.45) is 0 Å². The van der Waals surface area contributed by atoms with Crippen molar-refractivity contribution in [1.82, 2.24) is 9.80 Å². The van der Waals surface area contributed by atoms with Crippen LogP contribution in [0.2, 0.25) is 0 Å². The molecule has 0 N–H and O–H groups in total. The van der Waals surface area contributed by atoms with E-state index >= 15 is 0 Å². The van der Waals surface area contributed by atoms with Crippen molar-refractivity contribution in [3.8, 4) is 5.75 Å². The predicted octanol–water partition coefficient (Wildman–Crippen LogP) is 2.15. The molecule has 0 aromatic heterocycles. The number of benzene rings is 1. The van der Waals surface area contributed by atoms with Gasteiger partial charge in [-0.2, -0.15) is 0 Å². The summed E-state index contributed by atoms with van der Waals surface area (Å²) in [6.45, 7) is 5.40. The molecule has 0 spiro atoms. The number of rotatable bonds is 9. The van der Waals surface area contributed by atoms with Crippen molar-refractivity contribution in [2.75, 3.05) is 47.4 Å². The topological polar surface area (TPSA) is 32.8 Å². The van der Waals surface area contributed by atoms with E-state index in [9.17, 15) is 4.79 Å². The van der Waals surface area contributed by atoms with E-state index < -0.39 is 0 Å². The number of Topliss-reactive ketones (excluding diaryl/α,β-unsaturated/α-hetero) is 1. The maximum atomic E-state index is 12.4. The summed E-state index contributed by atoms with van der Waals surface area (Å²) in [6.07, 6.45) is 1.07. The van der Waals surface area contributed by atoms with Crippen LogP contribution in [0.15, 0.2) is 24.3 Å². The number of carbonyl (C=O) groups excluding carboxylic acids is 1. The molecular weight excluding hydrogens is 252 g/mol. The van der Waals surface area contributed by atoms with Gasteiger partial charge in [-0.25, -0.2) is 0 Å². The number of likely N-dealkylation sites (N-methyl/N-ethyl adjacent to an activating group) is 1. The number of nitrogens with zero attached hydrogens (tertiary/aromatic N) is 2. The minimum Gasteiger partial charge on any atom is -0.496 e. The first-order valence-electron chi connectivity index (χ1n) is 7.11. The van der Waals surface area contributed by atoms with E-state index in [0.717, 1.165) is 26.1 Å². The van der Waals surface area contributed by atoms with Gasteiger partial charge in [-0.05, 0) is 52.3 Å². The lowest BCUT2D eigenvalue weighted by Crippen LogP contribution is -2.32. The van der Waals surface area contributed by atoms with Crippen LogP contribution in [0.4, 0.5) is 0 Å². The fourth-order valence-corrected chi connectivity index (χ4v) is 2.12. The summed E-state index contributed by atoms with van der Waals surface area (Å²) in [7, 11) is 5.73. The van der Waals surface area contributed by atoms with Crippen LogP contribution in [0.1, 0.15) is 23.7 Å². The lowest BCUT2D eigenvalue weighted by atomic mass is 10.1. The zero-order valence-corrected chi connectivity index (χ0v) is 13.1. The van der Waals surface area contributed by atoms with E-state index in [1.807, 2.05) is 24.3 Å². The van der Waals surface area contributed by atoms with Crippen LogP contribution in [-0.2, 0) is 0 Å². The Morgan fingerprint density at radius 3 is 2.50 bits per heavy atom. The van der Waals surface area contributed by atoms with Gasteiger partial charge in [0.25, 0.3) is 0 Å².